The first-order valence-corrected chi connectivity index (χ1v) is 8.00. The van der Waals surface area contributed by atoms with Gasteiger partial charge in [0.05, 0.1) is 0 Å². The molecule has 0 saturated heterocycles. The van der Waals surface area contributed by atoms with Crippen LogP contribution in [0.4, 0.5) is 5.69 Å². The third-order valence-electron chi connectivity index (χ3n) is 4.89. The zero-order valence-corrected chi connectivity index (χ0v) is 12.4. The van der Waals surface area contributed by atoms with E-state index in [1.807, 2.05) is 0 Å². The topological polar surface area (TPSA) is 51.0 Å². The van der Waals surface area contributed by atoms with Crippen LogP contribution in [0.5, 0.6) is 0 Å². The molecule has 1 aliphatic carbocycles. The summed E-state index contributed by atoms with van der Waals surface area (Å²) in [5, 5.41) is 7.62. The lowest BCUT2D eigenvalue weighted by Crippen LogP contribution is -2.11. The highest BCUT2D eigenvalue weighted by Gasteiger charge is 2.24. The van der Waals surface area contributed by atoms with E-state index in [0.717, 1.165) is 30.3 Å². The molecular formula is C17H21N3O. The third kappa shape index (κ3) is 2.43. The van der Waals surface area contributed by atoms with Gasteiger partial charge in [-0.1, -0.05) is 31.0 Å². The Kier molecular flexibility index (Phi) is 3.17. The fraction of sp³-hybridized carbons (Fsp3) is 0.529. The second-order valence-corrected chi connectivity index (χ2v) is 6.46. The minimum Gasteiger partial charge on any atom is -0.384 e. The van der Waals surface area contributed by atoms with Gasteiger partial charge in [0, 0.05) is 23.7 Å². The van der Waals surface area contributed by atoms with Crippen LogP contribution >= 0.6 is 0 Å². The van der Waals surface area contributed by atoms with Gasteiger partial charge in [-0.25, -0.2) is 0 Å². The van der Waals surface area contributed by atoms with Crippen LogP contribution in [0.1, 0.15) is 49.9 Å². The van der Waals surface area contributed by atoms with E-state index >= 15 is 0 Å². The van der Waals surface area contributed by atoms with Crippen LogP contribution in [0.3, 0.4) is 0 Å². The molecule has 110 valence electrons. The second kappa shape index (κ2) is 5.17. The van der Waals surface area contributed by atoms with Gasteiger partial charge in [-0.2, -0.15) is 4.98 Å². The maximum atomic E-state index is 5.50. The molecule has 1 aromatic carbocycles. The van der Waals surface area contributed by atoms with E-state index in [9.17, 15) is 0 Å². The molecule has 4 rings (SSSR count). The highest BCUT2D eigenvalue weighted by atomic mass is 16.5. The van der Waals surface area contributed by atoms with Gasteiger partial charge in [0.2, 0.25) is 0 Å². The zero-order chi connectivity index (χ0) is 14.2. The van der Waals surface area contributed by atoms with Gasteiger partial charge >= 0.3 is 0 Å². The van der Waals surface area contributed by atoms with Crippen molar-refractivity contribution in [3.05, 3.63) is 29.6 Å². The molecule has 21 heavy (non-hydrogen) atoms. The van der Waals surface area contributed by atoms with E-state index in [4.69, 9.17) is 4.52 Å². The Morgan fingerprint density at radius 3 is 2.90 bits per heavy atom. The SMILES string of the molecule is CC1CCC(c2noc(-c3ccc4c(c3)NCC4)n2)CC1. The number of hydrogen-bond donors (Lipinski definition) is 1. The molecule has 1 N–H and O–H groups in total. The smallest absolute Gasteiger partial charge is 0.258 e. The Labute approximate surface area is 124 Å². The standard InChI is InChI=1S/C17H21N3O/c1-11-2-4-13(5-3-11)16-19-17(21-20-16)14-7-6-12-8-9-18-15(12)10-14/h6-7,10-11,13,18H,2-5,8-9H2,1H3. The maximum Gasteiger partial charge on any atom is 0.258 e. The minimum atomic E-state index is 0.478. The van der Waals surface area contributed by atoms with Crippen molar-refractivity contribution in [2.45, 2.75) is 44.9 Å². The summed E-state index contributed by atoms with van der Waals surface area (Å²) in [6.07, 6.45) is 6.03. The largest absolute Gasteiger partial charge is 0.384 e. The van der Waals surface area contributed by atoms with Gasteiger partial charge < -0.3 is 9.84 Å². The number of hydrogen-bond acceptors (Lipinski definition) is 4. The molecule has 0 spiro atoms. The molecule has 0 amide bonds. The van der Waals surface area contributed by atoms with Gasteiger partial charge in [0.25, 0.3) is 5.89 Å². The molecule has 2 heterocycles. The predicted octanol–water partition coefficient (Wildman–Crippen LogP) is 4.00. The summed E-state index contributed by atoms with van der Waals surface area (Å²) in [4.78, 5) is 4.65. The van der Waals surface area contributed by atoms with Crippen molar-refractivity contribution in [1.82, 2.24) is 10.1 Å². The minimum absolute atomic E-state index is 0.478. The van der Waals surface area contributed by atoms with Crippen LogP contribution in [-0.4, -0.2) is 16.7 Å². The van der Waals surface area contributed by atoms with Gasteiger partial charge in [-0.05, 0) is 42.9 Å². The van der Waals surface area contributed by atoms with Gasteiger partial charge in [0.15, 0.2) is 5.82 Å². The number of anilines is 1. The number of nitrogens with one attached hydrogen (secondary N) is 1. The number of fused-ring (bicyclic) bond motifs is 1. The summed E-state index contributed by atoms with van der Waals surface area (Å²) in [6.45, 7) is 3.35. The highest BCUT2D eigenvalue weighted by molar-refractivity contribution is 5.66. The second-order valence-electron chi connectivity index (χ2n) is 6.46. The van der Waals surface area contributed by atoms with Gasteiger partial charge in [-0.3, -0.25) is 0 Å². The molecule has 4 heteroatoms. The normalized spacial score (nSPS) is 24.6. The van der Waals surface area contributed by atoms with Crippen LogP contribution in [0, 0.1) is 5.92 Å². The summed E-state index contributed by atoms with van der Waals surface area (Å²) in [5.41, 5.74) is 3.60. The molecule has 0 bridgehead atoms. The Morgan fingerprint density at radius 1 is 1.19 bits per heavy atom. The van der Waals surface area contributed by atoms with Crippen molar-refractivity contribution in [2.24, 2.45) is 5.92 Å². The fourth-order valence-corrected chi connectivity index (χ4v) is 3.46. The zero-order valence-electron chi connectivity index (χ0n) is 12.4. The first-order valence-electron chi connectivity index (χ1n) is 8.00. The Balaban J connectivity index is 1.57. The molecule has 1 aromatic heterocycles. The first kappa shape index (κ1) is 12.9. The predicted molar refractivity (Wildman–Crippen MR) is 82.3 cm³/mol. The lowest BCUT2D eigenvalue weighted by Gasteiger charge is -2.23. The molecule has 2 aliphatic rings. The number of benzene rings is 1. The Bertz CT molecular complexity index is 641. The van der Waals surface area contributed by atoms with Crippen LogP contribution in [0.15, 0.2) is 22.7 Å². The first-order chi connectivity index (χ1) is 10.3. The van der Waals surface area contributed by atoms with Crippen LogP contribution in [-0.2, 0) is 6.42 Å². The van der Waals surface area contributed by atoms with E-state index in [1.54, 1.807) is 0 Å². The van der Waals surface area contributed by atoms with E-state index in [-0.39, 0.29) is 0 Å². The number of aromatic nitrogens is 2. The highest BCUT2D eigenvalue weighted by Crippen LogP contribution is 2.35. The number of nitrogens with zero attached hydrogens (tertiary/aromatic N) is 2. The van der Waals surface area contributed by atoms with Crippen molar-refractivity contribution >= 4 is 5.69 Å². The van der Waals surface area contributed by atoms with Gasteiger partial charge in [-0.15, -0.1) is 0 Å². The summed E-state index contributed by atoms with van der Waals surface area (Å²) in [5.74, 6) is 2.87. The van der Waals surface area contributed by atoms with E-state index < -0.39 is 0 Å². The maximum absolute atomic E-state index is 5.50. The average Bonchev–Trinajstić information content (AvgIpc) is 3.16. The van der Waals surface area contributed by atoms with Crippen LogP contribution in [0.2, 0.25) is 0 Å². The molecular weight excluding hydrogens is 262 g/mol. The molecule has 0 unspecified atom stereocenters. The van der Waals surface area contributed by atoms with Gasteiger partial charge in [0.1, 0.15) is 0 Å². The average molecular weight is 283 g/mol. The van der Waals surface area contributed by atoms with Crippen LogP contribution in [0.25, 0.3) is 11.5 Å². The van der Waals surface area contributed by atoms with Crippen molar-refractivity contribution in [3.63, 3.8) is 0 Å². The molecule has 0 radical (unpaired) electrons. The monoisotopic (exact) mass is 283 g/mol. The summed E-state index contributed by atoms with van der Waals surface area (Å²) in [6, 6.07) is 6.38. The lowest BCUT2D eigenvalue weighted by atomic mass is 9.83. The van der Waals surface area contributed by atoms with E-state index in [0.29, 0.717) is 11.8 Å². The van der Waals surface area contributed by atoms with Crippen molar-refractivity contribution < 1.29 is 4.52 Å². The Hall–Kier alpha value is -1.84. The van der Waals surface area contributed by atoms with Crippen molar-refractivity contribution in [2.75, 3.05) is 11.9 Å². The quantitative estimate of drug-likeness (QED) is 0.905. The molecule has 2 aromatic rings. The van der Waals surface area contributed by atoms with Crippen molar-refractivity contribution in [3.8, 4) is 11.5 Å². The molecule has 0 atom stereocenters. The van der Waals surface area contributed by atoms with Crippen molar-refractivity contribution in [1.29, 1.82) is 0 Å². The summed E-state index contributed by atoms with van der Waals surface area (Å²) in [7, 11) is 0. The van der Waals surface area contributed by atoms with Crippen LogP contribution < -0.4 is 5.32 Å². The van der Waals surface area contributed by atoms with E-state index in [2.05, 4.69) is 40.6 Å². The number of rotatable bonds is 2. The summed E-state index contributed by atoms with van der Waals surface area (Å²) < 4.78 is 5.50. The molecule has 4 nitrogen and oxygen atoms in total. The molecule has 1 fully saturated rings. The Morgan fingerprint density at radius 2 is 2.05 bits per heavy atom. The summed E-state index contributed by atoms with van der Waals surface area (Å²) >= 11 is 0. The molecule has 1 saturated carbocycles. The lowest BCUT2D eigenvalue weighted by molar-refractivity contribution is 0.329. The van der Waals surface area contributed by atoms with E-state index in [1.165, 1.54) is 36.9 Å². The third-order valence-corrected chi connectivity index (χ3v) is 4.89. The molecule has 1 aliphatic heterocycles. The fourth-order valence-electron chi connectivity index (χ4n) is 3.46.